The molecule has 0 unspecified atom stereocenters. The van der Waals surface area contributed by atoms with Crippen molar-refractivity contribution in [2.45, 2.75) is 18.1 Å². The van der Waals surface area contributed by atoms with Crippen molar-refractivity contribution in [3.8, 4) is 11.4 Å². The normalized spacial score (nSPS) is 11.2. The molecule has 0 saturated carbocycles. The fourth-order valence-electron chi connectivity index (χ4n) is 2.74. The van der Waals surface area contributed by atoms with Crippen LogP contribution in [0.3, 0.4) is 0 Å². The van der Waals surface area contributed by atoms with Crippen molar-refractivity contribution in [2.24, 2.45) is 0 Å². The summed E-state index contributed by atoms with van der Waals surface area (Å²) >= 11 is 1.52. The summed E-state index contributed by atoms with van der Waals surface area (Å²) in [5.41, 5.74) is 2.45. The Morgan fingerprint density at radius 2 is 1.92 bits per heavy atom. The molecule has 2 aromatic carbocycles. The van der Waals surface area contributed by atoms with Gasteiger partial charge in [-0.2, -0.15) is 4.68 Å². The van der Waals surface area contributed by atoms with Crippen molar-refractivity contribution in [1.29, 1.82) is 0 Å². The Labute approximate surface area is 152 Å². The molecule has 0 aliphatic carbocycles. The van der Waals surface area contributed by atoms with Crippen LogP contribution in [0.2, 0.25) is 0 Å². The van der Waals surface area contributed by atoms with Gasteiger partial charge < -0.3 is 10.1 Å². The maximum Gasteiger partial charge on any atom is 0.326 e. The molecule has 8 nitrogen and oxygen atoms in total. The van der Waals surface area contributed by atoms with Gasteiger partial charge in [-0.25, -0.2) is 4.79 Å². The molecular weight excluding hydrogens is 352 g/mol. The van der Waals surface area contributed by atoms with Gasteiger partial charge in [0, 0.05) is 12.3 Å². The molecule has 26 heavy (non-hydrogen) atoms. The molecule has 4 rings (SSSR count). The standard InChI is InChI=1S/C17H16N6O2S/c24-13-8-6-12(7-9-13)23-17(19-20-21-23)26-11-3-10-22-15-5-2-1-4-14(15)18-16(22)25/h1-2,4-9,24H,3,10-11H2,(H,18,25). The average molecular weight is 368 g/mol. The minimum atomic E-state index is -0.0925. The summed E-state index contributed by atoms with van der Waals surface area (Å²) < 4.78 is 3.38. The Bertz CT molecular complexity index is 1080. The fraction of sp³-hybridized carbons (Fsp3) is 0.176. The Kier molecular flexibility index (Phi) is 4.44. The monoisotopic (exact) mass is 368 g/mol. The van der Waals surface area contributed by atoms with E-state index in [1.54, 1.807) is 33.5 Å². The first-order chi connectivity index (χ1) is 12.7. The number of fused-ring (bicyclic) bond motifs is 1. The van der Waals surface area contributed by atoms with E-state index < -0.39 is 0 Å². The van der Waals surface area contributed by atoms with E-state index >= 15 is 0 Å². The number of hydrogen-bond acceptors (Lipinski definition) is 6. The largest absolute Gasteiger partial charge is 0.508 e. The SMILES string of the molecule is O=c1[nH]c2ccccc2n1CCCSc1nnnn1-c1ccc(O)cc1. The van der Waals surface area contributed by atoms with Crippen molar-refractivity contribution in [1.82, 2.24) is 29.8 Å². The maximum atomic E-state index is 12.1. The van der Waals surface area contributed by atoms with E-state index in [-0.39, 0.29) is 11.4 Å². The fourth-order valence-corrected chi connectivity index (χ4v) is 3.55. The number of phenolic OH excluding ortho intramolecular Hbond substituents is 1. The number of tetrazole rings is 1. The lowest BCUT2D eigenvalue weighted by Gasteiger charge is -2.05. The number of nitrogens with zero attached hydrogens (tertiary/aromatic N) is 5. The second kappa shape index (κ2) is 7.04. The summed E-state index contributed by atoms with van der Waals surface area (Å²) in [4.78, 5) is 14.9. The zero-order chi connectivity index (χ0) is 17.9. The van der Waals surface area contributed by atoms with E-state index in [1.165, 1.54) is 11.8 Å². The Morgan fingerprint density at radius 3 is 2.77 bits per heavy atom. The first-order valence-corrected chi connectivity index (χ1v) is 9.09. The van der Waals surface area contributed by atoms with Gasteiger partial charge in [-0.3, -0.25) is 4.57 Å². The molecule has 0 fully saturated rings. The van der Waals surface area contributed by atoms with E-state index in [0.717, 1.165) is 28.9 Å². The molecular formula is C17H16N6O2S. The number of H-pyrrole nitrogens is 1. The Hall–Kier alpha value is -3.07. The third-order valence-electron chi connectivity index (χ3n) is 3.97. The molecule has 132 valence electrons. The van der Waals surface area contributed by atoms with Crippen LogP contribution >= 0.6 is 11.8 Å². The molecule has 0 spiro atoms. The number of rotatable bonds is 6. The lowest BCUT2D eigenvalue weighted by molar-refractivity contribution is 0.475. The van der Waals surface area contributed by atoms with E-state index in [2.05, 4.69) is 20.5 Å². The summed E-state index contributed by atoms with van der Waals surface area (Å²) in [7, 11) is 0. The van der Waals surface area contributed by atoms with Crippen LogP contribution in [-0.2, 0) is 6.54 Å². The summed E-state index contributed by atoms with van der Waals surface area (Å²) in [6, 6.07) is 14.3. The van der Waals surface area contributed by atoms with Gasteiger partial charge >= 0.3 is 5.69 Å². The van der Waals surface area contributed by atoms with Crippen LogP contribution in [0.15, 0.2) is 58.5 Å². The van der Waals surface area contributed by atoms with Crippen molar-refractivity contribution < 1.29 is 5.11 Å². The van der Waals surface area contributed by atoms with Crippen LogP contribution in [0, 0.1) is 0 Å². The van der Waals surface area contributed by atoms with Gasteiger partial charge in [0.15, 0.2) is 0 Å². The van der Waals surface area contributed by atoms with Crippen molar-refractivity contribution >= 4 is 22.8 Å². The number of aromatic amines is 1. The van der Waals surface area contributed by atoms with Gasteiger partial charge in [0.25, 0.3) is 0 Å². The second-order valence-electron chi connectivity index (χ2n) is 5.69. The summed E-state index contributed by atoms with van der Waals surface area (Å²) in [5, 5.41) is 21.8. The van der Waals surface area contributed by atoms with Gasteiger partial charge in [-0.15, -0.1) is 5.10 Å². The van der Waals surface area contributed by atoms with Crippen LogP contribution in [0.1, 0.15) is 6.42 Å². The average Bonchev–Trinajstić information content (AvgIpc) is 3.23. The third kappa shape index (κ3) is 3.21. The number of hydrogen-bond donors (Lipinski definition) is 2. The minimum Gasteiger partial charge on any atom is -0.508 e. The molecule has 0 aliphatic heterocycles. The Morgan fingerprint density at radius 1 is 1.12 bits per heavy atom. The number of imidazole rings is 1. The van der Waals surface area contributed by atoms with Crippen molar-refractivity contribution in [3.63, 3.8) is 0 Å². The molecule has 0 aliphatic rings. The molecule has 0 radical (unpaired) electrons. The summed E-state index contributed by atoms with van der Waals surface area (Å²) in [6.07, 6.45) is 0.800. The van der Waals surface area contributed by atoms with Crippen molar-refractivity contribution in [2.75, 3.05) is 5.75 Å². The van der Waals surface area contributed by atoms with Crippen LogP contribution in [0.25, 0.3) is 16.7 Å². The van der Waals surface area contributed by atoms with Crippen LogP contribution in [-0.4, -0.2) is 40.6 Å². The highest BCUT2D eigenvalue weighted by atomic mass is 32.2. The van der Waals surface area contributed by atoms with Gasteiger partial charge in [-0.1, -0.05) is 23.9 Å². The first kappa shape index (κ1) is 16.4. The number of aromatic hydroxyl groups is 1. The van der Waals surface area contributed by atoms with E-state index in [1.807, 2.05) is 24.3 Å². The van der Waals surface area contributed by atoms with E-state index in [4.69, 9.17) is 0 Å². The quantitative estimate of drug-likeness (QED) is 0.400. The molecule has 2 aromatic heterocycles. The highest BCUT2D eigenvalue weighted by Crippen LogP contribution is 2.20. The lowest BCUT2D eigenvalue weighted by atomic mass is 10.3. The van der Waals surface area contributed by atoms with Crippen LogP contribution < -0.4 is 5.69 Å². The molecule has 0 amide bonds. The number of aryl methyl sites for hydroxylation is 1. The maximum absolute atomic E-state index is 12.1. The molecule has 9 heteroatoms. The zero-order valence-electron chi connectivity index (χ0n) is 13.7. The van der Waals surface area contributed by atoms with Gasteiger partial charge in [0.2, 0.25) is 5.16 Å². The smallest absolute Gasteiger partial charge is 0.326 e. The van der Waals surface area contributed by atoms with E-state index in [0.29, 0.717) is 11.7 Å². The number of benzene rings is 2. The highest BCUT2D eigenvalue weighted by molar-refractivity contribution is 7.99. The van der Waals surface area contributed by atoms with E-state index in [9.17, 15) is 9.90 Å². The van der Waals surface area contributed by atoms with Crippen LogP contribution in [0.5, 0.6) is 5.75 Å². The number of para-hydroxylation sites is 2. The minimum absolute atomic E-state index is 0.0925. The number of thioether (sulfide) groups is 1. The molecule has 0 bridgehead atoms. The second-order valence-corrected chi connectivity index (χ2v) is 6.75. The predicted molar refractivity (Wildman–Crippen MR) is 98.7 cm³/mol. The van der Waals surface area contributed by atoms with Gasteiger partial charge in [0.05, 0.1) is 16.7 Å². The molecule has 4 aromatic rings. The first-order valence-electron chi connectivity index (χ1n) is 8.10. The van der Waals surface area contributed by atoms with Crippen LogP contribution in [0.4, 0.5) is 0 Å². The molecule has 2 N–H and O–H groups in total. The Balaban J connectivity index is 1.41. The van der Waals surface area contributed by atoms with Gasteiger partial charge in [0.1, 0.15) is 5.75 Å². The summed E-state index contributed by atoms with van der Waals surface area (Å²) in [6.45, 7) is 0.622. The molecule has 2 heterocycles. The molecule has 0 saturated heterocycles. The zero-order valence-corrected chi connectivity index (χ0v) is 14.6. The predicted octanol–water partition coefficient (Wildman–Crippen LogP) is 2.19. The van der Waals surface area contributed by atoms with Gasteiger partial charge in [-0.05, 0) is 53.2 Å². The number of phenols is 1. The number of nitrogens with one attached hydrogen (secondary N) is 1. The highest BCUT2D eigenvalue weighted by Gasteiger charge is 2.10. The van der Waals surface area contributed by atoms with Crippen molar-refractivity contribution in [3.05, 3.63) is 59.0 Å². The summed E-state index contributed by atoms with van der Waals surface area (Å²) in [5.74, 6) is 0.963. The molecule has 0 atom stereocenters. The lowest BCUT2D eigenvalue weighted by Crippen LogP contribution is -2.17. The number of aromatic nitrogens is 6. The topological polar surface area (TPSA) is 102 Å². The third-order valence-corrected chi connectivity index (χ3v) is 4.98.